The fraction of sp³-hybridized carbons (Fsp3) is 0.222. The molecule has 0 aromatic heterocycles. The lowest BCUT2D eigenvalue weighted by atomic mass is 10.1. The van der Waals surface area contributed by atoms with Crippen molar-refractivity contribution < 1.29 is 14.0 Å². The molecule has 1 aliphatic rings. The van der Waals surface area contributed by atoms with Crippen LogP contribution in [-0.4, -0.2) is 25.4 Å². The normalized spacial score (nSPS) is 17.2. The summed E-state index contributed by atoms with van der Waals surface area (Å²) in [6.07, 6.45) is 0.454. The number of amides is 2. The number of nitrogens with zero attached hydrogens (tertiary/aromatic N) is 2. The van der Waals surface area contributed by atoms with Crippen LogP contribution in [0.2, 0.25) is 0 Å². The highest BCUT2D eigenvalue weighted by Gasteiger charge is 2.39. The van der Waals surface area contributed by atoms with E-state index in [-0.39, 0.29) is 17.6 Å². The fourth-order valence-electron chi connectivity index (χ4n) is 2.81. The Labute approximate surface area is 148 Å². The highest BCUT2D eigenvalue weighted by molar-refractivity contribution is 9.10. The van der Waals surface area contributed by atoms with E-state index in [9.17, 15) is 14.0 Å². The monoisotopic (exact) mass is 390 g/mol. The fourth-order valence-corrected chi connectivity index (χ4v) is 3.08. The summed E-state index contributed by atoms with van der Waals surface area (Å²) in [5.74, 6) is -1.53. The van der Waals surface area contributed by atoms with Crippen molar-refractivity contribution in [3.63, 3.8) is 0 Å². The molecule has 3 rings (SSSR count). The van der Waals surface area contributed by atoms with Crippen LogP contribution in [-0.2, 0) is 9.59 Å². The van der Waals surface area contributed by atoms with Crippen LogP contribution >= 0.6 is 15.9 Å². The predicted octanol–water partition coefficient (Wildman–Crippen LogP) is 3.60. The first-order chi connectivity index (χ1) is 11.5. The van der Waals surface area contributed by atoms with Crippen molar-refractivity contribution in [3.8, 4) is 0 Å². The van der Waals surface area contributed by atoms with Gasteiger partial charge in [0.15, 0.2) is 0 Å². The minimum absolute atomic E-state index is 0.230. The summed E-state index contributed by atoms with van der Waals surface area (Å²) in [5, 5.41) is 0. The van der Waals surface area contributed by atoms with Crippen molar-refractivity contribution in [1.82, 2.24) is 0 Å². The second-order valence-corrected chi connectivity index (χ2v) is 6.60. The second kappa shape index (κ2) is 6.73. The van der Waals surface area contributed by atoms with Gasteiger partial charge in [-0.1, -0.05) is 15.9 Å². The second-order valence-electron chi connectivity index (χ2n) is 5.68. The summed E-state index contributed by atoms with van der Waals surface area (Å²) in [6.45, 7) is 0.453. The number of anilines is 2. The molecule has 0 bridgehead atoms. The molecular formula is C18H16BrFN2O2. The van der Waals surface area contributed by atoms with E-state index in [1.54, 1.807) is 19.2 Å². The molecule has 2 aromatic carbocycles. The zero-order valence-corrected chi connectivity index (χ0v) is 14.7. The molecule has 1 saturated heterocycles. The van der Waals surface area contributed by atoms with Gasteiger partial charge in [0.1, 0.15) is 11.7 Å². The van der Waals surface area contributed by atoms with Gasteiger partial charge in [-0.25, -0.2) is 4.39 Å². The third-order valence-corrected chi connectivity index (χ3v) is 4.72. The van der Waals surface area contributed by atoms with Crippen molar-refractivity contribution in [3.05, 3.63) is 58.8 Å². The zero-order valence-electron chi connectivity index (χ0n) is 13.1. The minimum atomic E-state index is -0.705. The molecule has 1 unspecified atom stereocenters. The van der Waals surface area contributed by atoms with Gasteiger partial charge in [0.25, 0.3) is 0 Å². The molecule has 1 atom stereocenters. The summed E-state index contributed by atoms with van der Waals surface area (Å²) in [6, 6.07) is 13.1. The Kier molecular flexibility index (Phi) is 4.66. The molecule has 24 heavy (non-hydrogen) atoms. The Morgan fingerprint density at radius 1 is 1.17 bits per heavy atom. The lowest BCUT2D eigenvalue weighted by molar-refractivity contribution is -0.130. The van der Waals surface area contributed by atoms with Crippen LogP contribution in [0.5, 0.6) is 0 Å². The maximum Gasteiger partial charge on any atom is 0.239 e. The molecule has 4 nitrogen and oxygen atoms in total. The summed E-state index contributed by atoms with van der Waals surface area (Å²) in [5.41, 5.74) is 1.35. The number of rotatable bonds is 3. The summed E-state index contributed by atoms with van der Waals surface area (Å²) in [4.78, 5) is 28.3. The van der Waals surface area contributed by atoms with Crippen LogP contribution in [0.3, 0.4) is 0 Å². The van der Waals surface area contributed by atoms with Gasteiger partial charge >= 0.3 is 0 Å². The largest absolute Gasteiger partial charge is 0.315 e. The molecule has 0 saturated carbocycles. The first kappa shape index (κ1) is 16.6. The summed E-state index contributed by atoms with van der Waals surface area (Å²) in [7, 11) is 1.67. The van der Waals surface area contributed by atoms with Gasteiger partial charge in [-0.15, -0.1) is 0 Å². The lowest BCUT2D eigenvalue weighted by Crippen LogP contribution is -2.38. The van der Waals surface area contributed by atoms with Crippen LogP contribution in [0.4, 0.5) is 15.8 Å². The van der Waals surface area contributed by atoms with Crippen molar-refractivity contribution in [2.75, 3.05) is 23.4 Å². The van der Waals surface area contributed by atoms with Gasteiger partial charge in [0, 0.05) is 29.4 Å². The van der Waals surface area contributed by atoms with Gasteiger partial charge in [-0.3, -0.25) is 9.59 Å². The number of hydrogen-bond acceptors (Lipinski definition) is 2. The zero-order chi connectivity index (χ0) is 17.3. The number of carbonyl (C=O) groups is 2. The van der Waals surface area contributed by atoms with Crippen molar-refractivity contribution in [2.45, 2.75) is 6.42 Å². The van der Waals surface area contributed by atoms with E-state index in [4.69, 9.17) is 0 Å². The molecular weight excluding hydrogens is 375 g/mol. The number of carbonyl (C=O) groups excluding carboxylic acids is 2. The van der Waals surface area contributed by atoms with E-state index in [0.717, 1.165) is 10.2 Å². The van der Waals surface area contributed by atoms with E-state index in [0.29, 0.717) is 18.7 Å². The molecule has 1 fully saturated rings. The van der Waals surface area contributed by atoms with Gasteiger partial charge in [0.05, 0.1) is 0 Å². The van der Waals surface area contributed by atoms with E-state index in [1.807, 2.05) is 24.3 Å². The Hall–Kier alpha value is -2.21. The molecule has 2 amide bonds. The van der Waals surface area contributed by atoms with Gasteiger partial charge in [-0.05, 0) is 55.0 Å². The van der Waals surface area contributed by atoms with Crippen LogP contribution in [0.25, 0.3) is 0 Å². The standard InChI is InChI=1S/C18H16BrFN2O2/c1-21(14-6-2-12(19)3-7-14)17(23)16-10-11-22(18(16)24)15-8-4-13(20)5-9-15/h2-9,16H,10-11H2,1H3. The lowest BCUT2D eigenvalue weighted by Gasteiger charge is -2.21. The Balaban J connectivity index is 1.75. The van der Waals surface area contributed by atoms with Crippen LogP contribution in [0, 0.1) is 11.7 Å². The van der Waals surface area contributed by atoms with Crippen molar-refractivity contribution >= 4 is 39.1 Å². The number of hydrogen-bond donors (Lipinski definition) is 0. The maximum atomic E-state index is 13.0. The molecule has 1 heterocycles. The molecule has 6 heteroatoms. The molecule has 1 aliphatic heterocycles. The smallest absolute Gasteiger partial charge is 0.239 e. The first-order valence-electron chi connectivity index (χ1n) is 7.57. The summed E-state index contributed by atoms with van der Waals surface area (Å²) < 4.78 is 14.0. The quantitative estimate of drug-likeness (QED) is 0.751. The van der Waals surface area contributed by atoms with E-state index in [1.165, 1.54) is 21.9 Å². The van der Waals surface area contributed by atoms with Crippen molar-refractivity contribution in [2.24, 2.45) is 5.92 Å². The van der Waals surface area contributed by atoms with Crippen LogP contribution < -0.4 is 9.80 Å². The third kappa shape index (κ3) is 3.19. The van der Waals surface area contributed by atoms with Crippen molar-refractivity contribution in [1.29, 1.82) is 0 Å². The van der Waals surface area contributed by atoms with E-state index in [2.05, 4.69) is 15.9 Å². The minimum Gasteiger partial charge on any atom is -0.315 e. The average Bonchev–Trinajstić information content (AvgIpc) is 2.96. The summed E-state index contributed by atoms with van der Waals surface area (Å²) >= 11 is 3.36. The van der Waals surface area contributed by atoms with Crippen LogP contribution in [0.15, 0.2) is 53.0 Å². The molecule has 124 valence electrons. The number of benzene rings is 2. The van der Waals surface area contributed by atoms with Gasteiger partial charge in [0.2, 0.25) is 11.8 Å². The maximum absolute atomic E-state index is 13.0. The molecule has 0 N–H and O–H groups in total. The molecule has 2 aromatic rings. The number of halogens is 2. The first-order valence-corrected chi connectivity index (χ1v) is 8.37. The van der Waals surface area contributed by atoms with Gasteiger partial charge in [-0.2, -0.15) is 0 Å². The Bertz CT molecular complexity index is 762. The molecule has 0 radical (unpaired) electrons. The molecule has 0 aliphatic carbocycles. The van der Waals surface area contributed by atoms with E-state index >= 15 is 0 Å². The Morgan fingerprint density at radius 2 is 1.79 bits per heavy atom. The topological polar surface area (TPSA) is 40.6 Å². The highest BCUT2D eigenvalue weighted by atomic mass is 79.9. The van der Waals surface area contributed by atoms with Gasteiger partial charge < -0.3 is 9.80 Å². The Morgan fingerprint density at radius 3 is 2.42 bits per heavy atom. The SMILES string of the molecule is CN(C(=O)C1CCN(c2ccc(F)cc2)C1=O)c1ccc(Br)cc1. The highest BCUT2D eigenvalue weighted by Crippen LogP contribution is 2.28. The average molecular weight is 391 g/mol. The predicted molar refractivity (Wildman–Crippen MR) is 94.4 cm³/mol. The van der Waals surface area contributed by atoms with E-state index < -0.39 is 5.92 Å². The third-order valence-electron chi connectivity index (χ3n) is 4.19. The molecule has 0 spiro atoms. The van der Waals surface area contributed by atoms with Crippen LogP contribution in [0.1, 0.15) is 6.42 Å².